The van der Waals surface area contributed by atoms with Gasteiger partial charge in [-0.25, -0.2) is 13.2 Å². The fourth-order valence-corrected chi connectivity index (χ4v) is 4.03. The first-order valence-electron chi connectivity index (χ1n) is 8.98. The van der Waals surface area contributed by atoms with Crippen LogP contribution in [-0.4, -0.2) is 26.5 Å². The van der Waals surface area contributed by atoms with Gasteiger partial charge in [-0.1, -0.05) is 48.0 Å². The van der Waals surface area contributed by atoms with Gasteiger partial charge >= 0.3 is 5.97 Å². The van der Waals surface area contributed by atoms with E-state index in [9.17, 15) is 18.3 Å². The summed E-state index contributed by atoms with van der Waals surface area (Å²) in [6.07, 6.45) is 0. The van der Waals surface area contributed by atoms with Gasteiger partial charge in [-0.15, -0.1) is 0 Å². The van der Waals surface area contributed by atoms with Crippen LogP contribution < -0.4 is 9.62 Å². The van der Waals surface area contributed by atoms with Crippen LogP contribution in [0.25, 0.3) is 0 Å². The zero-order valence-corrected chi connectivity index (χ0v) is 17.0. The van der Waals surface area contributed by atoms with Crippen molar-refractivity contribution in [1.29, 1.82) is 0 Å². The summed E-state index contributed by atoms with van der Waals surface area (Å²) in [5.41, 5.74) is 2.70. The molecule has 0 aliphatic rings. The molecule has 0 bridgehead atoms. The Labute approximate surface area is 170 Å². The van der Waals surface area contributed by atoms with Crippen molar-refractivity contribution in [1.82, 2.24) is 0 Å². The maximum Gasteiger partial charge on any atom is 0.337 e. The molecule has 0 heterocycles. The van der Waals surface area contributed by atoms with Crippen molar-refractivity contribution >= 4 is 27.4 Å². The van der Waals surface area contributed by atoms with Crippen molar-refractivity contribution in [2.45, 2.75) is 18.4 Å². The number of aryl methyl sites for hydroxylation is 1. The number of nitrogens with one attached hydrogen (secondary N) is 1. The second-order valence-corrected chi connectivity index (χ2v) is 8.48. The molecule has 0 aromatic heterocycles. The molecule has 0 aliphatic heterocycles. The highest BCUT2D eigenvalue weighted by Gasteiger charge is 2.18. The van der Waals surface area contributed by atoms with Gasteiger partial charge in [0, 0.05) is 19.3 Å². The Morgan fingerprint density at radius 1 is 1.00 bits per heavy atom. The van der Waals surface area contributed by atoms with Crippen molar-refractivity contribution < 1.29 is 18.3 Å². The van der Waals surface area contributed by atoms with E-state index < -0.39 is 16.0 Å². The standard InChI is InChI=1S/C22H22N2O4S/c1-16-8-11-19(12-9-16)29(27,28)23-18-10-13-21(20(14-18)22(25)26)24(2)15-17-6-4-3-5-7-17/h3-14,23H,15H2,1-2H3,(H,25,26). The molecule has 3 aromatic rings. The van der Waals surface area contributed by atoms with E-state index >= 15 is 0 Å². The summed E-state index contributed by atoms with van der Waals surface area (Å²) in [6, 6.07) is 20.6. The lowest BCUT2D eigenvalue weighted by Crippen LogP contribution is -2.20. The Kier molecular flexibility index (Phi) is 5.89. The topological polar surface area (TPSA) is 86.7 Å². The zero-order chi connectivity index (χ0) is 21.0. The predicted octanol–water partition coefficient (Wildman–Crippen LogP) is 4.13. The van der Waals surface area contributed by atoms with Gasteiger partial charge in [0.05, 0.1) is 16.1 Å². The van der Waals surface area contributed by atoms with Gasteiger partial charge in [0.15, 0.2) is 0 Å². The summed E-state index contributed by atoms with van der Waals surface area (Å²) in [4.78, 5) is 13.7. The van der Waals surface area contributed by atoms with Crippen LogP contribution >= 0.6 is 0 Å². The van der Waals surface area contributed by atoms with Gasteiger partial charge < -0.3 is 10.0 Å². The molecule has 0 fully saturated rings. The third kappa shape index (κ3) is 4.94. The zero-order valence-electron chi connectivity index (χ0n) is 16.2. The summed E-state index contributed by atoms with van der Waals surface area (Å²) in [5, 5.41) is 9.65. The third-order valence-corrected chi connectivity index (χ3v) is 5.88. The van der Waals surface area contributed by atoms with Crippen molar-refractivity contribution in [3.63, 3.8) is 0 Å². The van der Waals surface area contributed by atoms with Gasteiger partial charge in [0.1, 0.15) is 0 Å². The highest BCUT2D eigenvalue weighted by atomic mass is 32.2. The minimum absolute atomic E-state index is 0.0209. The van der Waals surface area contributed by atoms with Crippen LogP contribution in [0.4, 0.5) is 11.4 Å². The molecule has 150 valence electrons. The summed E-state index contributed by atoms with van der Waals surface area (Å²) in [6.45, 7) is 2.39. The molecule has 3 aromatic carbocycles. The van der Waals surface area contributed by atoms with Crippen LogP contribution in [-0.2, 0) is 16.6 Å². The minimum atomic E-state index is -3.81. The summed E-state index contributed by atoms with van der Waals surface area (Å²) in [5.74, 6) is -1.13. The number of nitrogens with zero attached hydrogens (tertiary/aromatic N) is 1. The maximum absolute atomic E-state index is 12.6. The first-order valence-corrected chi connectivity index (χ1v) is 10.5. The Hall–Kier alpha value is -3.32. The molecule has 0 saturated carbocycles. The number of rotatable bonds is 7. The number of aromatic carboxylic acids is 1. The number of carboxylic acids is 1. The van der Waals surface area contributed by atoms with Crippen LogP contribution in [0.2, 0.25) is 0 Å². The van der Waals surface area contributed by atoms with Crippen molar-refractivity contribution in [2.75, 3.05) is 16.7 Å². The predicted molar refractivity (Wildman–Crippen MR) is 114 cm³/mol. The number of carboxylic acid groups (broad SMARTS) is 1. The molecule has 2 N–H and O–H groups in total. The highest BCUT2D eigenvalue weighted by Crippen LogP contribution is 2.26. The molecule has 29 heavy (non-hydrogen) atoms. The minimum Gasteiger partial charge on any atom is -0.478 e. The number of hydrogen-bond acceptors (Lipinski definition) is 4. The number of benzene rings is 3. The van der Waals surface area contributed by atoms with E-state index in [0.29, 0.717) is 12.2 Å². The smallest absolute Gasteiger partial charge is 0.337 e. The largest absolute Gasteiger partial charge is 0.478 e. The first kappa shape index (κ1) is 20.4. The molecular formula is C22H22N2O4S. The van der Waals surface area contributed by atoms with E-state index in [0.717, 1.165) is 11.1 Å². The Morgan fingerprint density at radius 3 is 2.28 bits per heavy atom. The first-order chi connectivity index (χ1) is 13.8. The maximum atomic E-state index is 12.6. The van der Waals surface area contributed by atoms with E-state index in [1.165, 1.54) is 18.2 Å². The Balaban J connectivity index is 1.87. The molecule has 0 saturated heterocycles. The third-order valence-electron chi connectivity index (χ3n) is 4.48. The SMILES string of the molecule is Cc1ccc(S(=O)(=O)Nc2ccc(N(C)Cc3ccccc3)c(C(=O)O)c2)cc1. The van der Waals surface area contributed by atoms with E-state index in [1.807, 2.05) is 42.2 Å². The van der Waals surface area contributed by atoms with Gasteiger partial charge in [-0.05, 0) is 42.8 Å². The monoisotopic (exact) mass is 410 g/mol. The number of hydrogen-bond donors (Lipinski definition) is 2. The molecule has 0 unspecified atom stereocenters. The fraction of sp³-hybridized carbons (Fsp3) is 0.136. The lowest BCUT2D eigenvalue weighted by atomic mass is 10.1. The fourth-order valence-electron chi connectivity index (χ4n) is 2.98. The highest BCUT2D eigenvalue weighted by molar-refractivity contribution is 7.92. The van der Waals surface area contributed by atoms with Gasteiger partial charge in [-0.3, -0.25) is 4.72 Å². The van der Waals surface area contributed by atoms with Gasteiger partial charge in [0.25, 0.3) is 10.0 Å². The second-order valence-electron chi connectivity index (χ2n) is 6.80. The van der Waals surface area contributed by atoms with Crippen molar-refractivity contribution in [2.24, 2.45) is 0 Å². The van der Waals surface area contributed by atoms with Crippen LogP contribution in [0, 0.1) is 6.92 Å². The van der Waals surface area contributed by atoms with E-state index in [-0.39, 0.29) is 16.1 Å². The van der Waals surface area contributed by atoms with E-state index in [1.54, 1.807) is 31.3 Å². The normalized spacial score (nSPS) is 11.1. The summed E-state index contributed by atoms with van der Waals surface area (Å²) < 4.78 is 27.6. The molecule has 3 rings (SSSR count). The summed E-state index contributed by atoms with van der Waals surface area (Å²) >= 11 is 0. The molecule has 0 amide bonds. The number of sulfonamides is 1. The Morgan fingerprint density at radius 2 is 1.66 bits per heavy atom. The summed E-state index contributed by atoms with van der Waals surface area (Å²) in [7, 11) is -2.01. The van der Waals surface area contributed by atoms with Gasteiger partial charge in [0.2, 0.25) is 0 Å². The lowest BCUT2D eigenvalue weighted by molar-refractivity contribution is 0.0697. The van der Waals surface area contributed by atoms with Crippen LogP contribution in [0.3, 0.4) is 0 Å². The number of anilines is 2. The Bertz CT molecular complexity index is 1110. The average molecular weight is 410 g/mol. The average Bonchev–Trinajstić information content (AvgIpc) is 2.68. The van der Waals surface area contributed by atoms with Crippen LogP contribution in [0.15, 0.2) is 77.7 Å². The molecule has 0 atom stereocenters. The van der Waals surface area contributed by atoms with Crippen LogP contribution in [0.5, 0.6) is 0 Å². The second kappa shape index (κ2) is 8.36. The molecule has 0 aliphatic carbocycles. The van der Waals surface area contributed by atoms with Crippen molar-refractivity contribution in [3.05, 3.63) is 89.5 Å². The molecule has 0 radical (unpaired) electrons. The molecule has 7 heteroatoms. The van der Waals surface area contributed by atoms with Crippen molar-refractivity contribution in [3.8, 4) is 0 Å². The molecule has 0 spiro atoms. The molecule has 6 nitrogen and oxygen atoms in total. The quantitative estimate of drug-likeness (QED) is 0.612. The van der Waals surface area contributed by atoms with E-state index in [4.69, 9.17) is 0 Å². The number of carbonyl (C=O) groups is 1. The van der Waals surface area contributed by atoms with Gasteiger partial charge in [-0.2, -0.15) is 0 Å². The molecular weight excluding hydrogens is 388 g/mol. The lowest BCUT2D eigenvalue weighted by Gasteiger charge is -2.22. The van der Waals surface area contributed by atoms with Crippen LogP contribution in [0.1, 0.15) is 21.5 Å². The van der Waals surface area contributed by atoms with E-state index in [2.05, 4.69) is 4.72 Å².